The number of nitrogens with zero attached hydrogens (tertiary/aromatic N) is 6. The average Bonchev–Trinajstić information content (AvgIpc) is 3.60. The Morgan fingerprint density at radius 1 is 0.889 bits per heavy atom. The van der Waals surface area contributed by atoms with Crippen LogP contribution in [0.5, 0.6) is 0 Å². The highest BCUT2D eigenvalue weighted by Crippen LogP contribution is 2.28. The molecule has 1 aromatic carbocycles. The van der Waals surface area contributed by atoms with Crippen LogP contribution < -0.4 is 15.1 Å². The van der Waals surface area contributed by atoms with Crippen LogP contribution in [0.15, 0.2) is 55.0 Å². The lowest BCUT2D eigenvalue weighted by atomic mass is 10.0. The molecule has 2 saturated heterocycles. The van der Waals surface area contributed by atoms with Gasteiger partial charge in [-0.05, 0) is 55.8 Å². The van der Waals surface area contributed by atoms with Crippen molar-refractivity contribution in [2.75, 3.05) is 61.4 Å². The van der Waals surface area contributed by atoms with Crippen molar-refractivity contribution in [3.8, 4) is 11.1 Å². The van der Waals surface area contributed by atoms with Gasteiger partial charge in [0.05, 0.1) is 29.3 Å². The van der Waals surface area contributed by atoms with E-state index in [1.165, 1.54) is 12.8 Å². The number of H-pyrrole nitrogens is 1. The Kier molecular flexibility index (Phi) is 5.98. The van der Waals surface area contributed by atoms with Crippen molar-refractivity contribution in [3.63, 3.8) is 0 Å². The van der Waals surface area contributed by atoms with Crippen molar-refractivity contribution >= 4 is 34.0 Å². The average molecular weight is 483 g/mol. The molecule has 184 valence electrons. The number of likely N-dealkylation sites (N-methyl/N-ethyl adjacent to an activating group) is 1. The van der Waals surface area contributed by atoms with Gasteiger partial charge >= 0.3 is 0 Å². The number of carbonyl (C=O) groups is 1. The number of hydrogen-bond acceptors (Lipinski definition) is 7. The lowest BCUT2D eigenvalue weighted by Crippen LogP contribution is -2.44. The predicted molar refractivity (Wildman–Crippen MR) is 143 cm³/mol. The summed E-state index contributed by atoms with van der Waals surface area (Å²) in [5.41, 5.74) is 4.96. The highest BCUT2D eigenvalue weighted by molar-refractivity contribution is 6.11. The van der Waals surface area contributed by atoms with Gasteiger partial charge < -0.3 is 20.0 Å². The highest BCUT2D eigenvalue weighted by atomic mass is 16.1. The van der Waals surface area contributed by atoms with E-state index in [0.29, 0.717) is 11.4 Å². The second kappa shape index (κ2) is 9.58. The Balaban J connectivity index is 1.22. The summed E-state index contributed by atoms with van der Waals surface area (Å²) in [7, 11) is 2.15. The topological polar surface area (TPSA) is 93.3 Å². The summed E-state index contributed by atoms with van der Waals surface area (Å²) in [4.78, 5) is 29.1. The Hall–Kier alpha value is -3.98. The Morgan fingerprint density at radius 3 is 2.50 bits per heavy atom. The van der Waals surface area contributed by atoms with Crippen molar-refractivity contribution in [3.05, 3.63) is 60.7 Å². The van der Waals surface area contributed by atoms with Gasteiger partial charge in [0, 0.05) is 56.4 Å². The fourth-order valence-electron chi connectivity index (χ4n) is 4.97. The van der Waals surface area contributed by atoms with E-state index in [-0.39, 0.29) is 5.91 Å². The zero-order valence-corrected chi connectivity index (χ0v) is 20.4. The van der Waals surface area contributed by atoms with Crippen LogP contribution in [0.2, 0.25) is 0 Å². The zero-order valence-electron chi connectivity index (χ0n) is 20.4. The van der Waals surface area contributed by atoms with Crippen molar-refractivity contribution < 1.29 is 4.79 Å². The number of fused-ring (bicyclic) bond motifs is 1. The molecule has 0 bridgehead atoms. The summed E-state index contributed by atoms with van der Waals surface area (Å²) in [6.45, 7) is 6.13. The van der Waals surface area contributed by atoms with Crippen LogP contribution in [0.4, 0.5) is 17.2 Å². The molecule has 0 spiro atoms. The fraction of sp³-hybridized carbons (Fsp3) is 0.333. The molecule has 2 fully saturated rings. The SMILES string of the molecule is CN1CCN(c2cncc(-c3ccc4[nH]nc(C(=O)Nc5ccc(N6CCCC6)nc5)c4c3)c2)CC1. The van der Waals surface area contributed by atoms with Crippen LogP contribution >= 0.6 is 0 Å². The van der Waals surface area contributed by atoms with Crippen LogP contribution in [0.25, 0.3) is 22.0 Å². The highest BCUT2D eigenvalue weighted by Gasteiger charge is 2.18. The molecule has 9 nitrogen and oxygen atoms in total. The number of amides is 1. The van der Waals surface area contributed by atoms with E-state index in [0.717, 1.165) is 72.8 Å². The number of carbonyl (C=O) groups excluding carboxylic acids is 1. The molecule has 2 aliphatic rings. The third-order valence-electron chi connectivity index (χ3n) is 7.14. The molecule has 6 rings (SSSR count). The number of anilines is 3. The molecule has 2 aliphatic heterocycles. The number of aromatic amines is 1. The quantitative estimate of drug-likeness (QED) is 0.449. The molecule has 0 radical (unpaired) electrons. The number of piperazine rings is 1. The van der Waals surface area contributed by atoms with Crippen LogP contribution in [-0.2, 0) is 0 Å². The van der Waals surface area contributed by atoms with Gasteiger partial charge in [-0.2, -0.15) is 5.10 Å². The fourth-order valence-corrected chi connectivity index (χ4v) is 4.97. The third kappa shape index (κ3) is 4.49. The minimum absolute atomic E-state index is 0.265. The molecular formula is C27H30N8O. The van der Waals surface area contributed by atoms with Gasteiger partial charge in [-0.1, -0.05) is 6.07 Å². The van der Waals surface area contributed by atoms with E-state index in [1.807, 2.05) is 42.7 Å². The van der Waals surface area contributed by atoms with E-state index in [2.05, 4.69) is 53.3 Å². The zero-order chi connectivity index (χ0) is 24.5. The molecule has 2 N–H and O–H groups in total. The molecule has 4 aromatic rings. The first kappa shape index (κ1) is 22.5. The van der Waals surface area contributed by atoms with Crippen LogP contribution in [-0.4, -0.2) is 77.3 Å². The second-order valence-electron chi connectivity index (χ2n) is 9.61. The molecular weight excluding hydrogens is 452 g/mol. The van der Waals surface area contributed by atoms with E-state index >= 15 is 0 Å². The lowest BCUT2D eigenvalue weighted by molar-refractivity contribution is 0.102. The van der Waals surface area contributed by atoms with Gasteiger partial charge in [0.25, 0.3) is 5.91 Å². The first-order chi connectivity index (χ1) is 17.6. The summed E-state index contributed by atoms with van der Waals surface area (Å²) >= 11 is 0. The smallest absolute Gasteiger partial charge is 0.276 e. The molecule has 9 heteroatoms. The first-order valence-electron chi connectivity index (χ1n) is 12.5. The molecule has 1 amide bonds. The van der Waals surface area contributed by atoms with E-state index in [9.17, 15) is 4.79 Å². The summed E-state index contributed by atoms with van der Waals surface area (Å²) in [6.07, 6.45) is 7.90. The van der Waals surface area contributed by atoms with Gasteiger partial charge in [-0.15, -0.1) is 0 Å². The van der Waals surface area contributed by atoms with Crippen molar-refractivity contribution in [2.24, 2.45) is 0 Å². The van der Waals surface area contributed by atoms with Gasteiger partial charge in [-0.25, -0.2) is 4.98 Å². The van der Waals surface area contributed by atoms with Crippen molar-refractivity contribution in [2.45, 2.75) is 12.8 Å². The lowest BCUT2D eigenvalue weighted by Gasteiger charge is -2.34. The summed E-state index contributed by atoms with van der Waals surface area (Å²) < 4.78 is 0. The van der Waals surface area contributed by atoms with Gasteiger partial charge in [0.15, 0.2) is 5.69 Å². The van der Waals surface area contributed by atoms with Crippen LogP contribution in [0, 0.1) is 0 Å². The largest absolute Gasteiger partial charge is 0.368 e. The second-order valence-corrected chi connectivity index (χ2v) is 9.61. The number of hydrogen-bond donors (Lipinski definition) is 2. The van der Waals surface area contributed by atoms with E-state index in [1.54, 1.807) is 6.20 Å². The van der Waals surface area contributed by atoms with Gasteiger partial charge in [0.2, 0.25) is 0 Å². The summed E-state index contributed by atoms with van der Waals surface area (Å²) in [5.74, 6) is 0.686. The molecule has 0 unspecified atom stereocenters. The van der Waals surface area contributed by atoms with Crippen molar-refractivity contribution in [1.82, 2.24) is 25.1 Å². The van der Waals surface area contributed by atoms with E-state index < -0.39 is 0 Å². The Bertz CT molecular complexity index is 1370. The Labute approximate surface area is 210 Å². The molecule has 3 aromatic heterocycles. The summed E-state index contributed by atoms with van der Waals surface area (Å²) in [5, 5.41) is 11.0. The maximum atomic E-state index is 13.1. The minimum atomic E-state index is -0.265. The monoisotopic (exact) mass is 482 g/mol. The summed E-state index contributed by atoms with van der Waals surface area (Å²) in [6, 6.07) is 12.0. The predicted octanol–water partition coefficient (Wildman–Crippen LogP) is 3.62. The van der Waals surface area contributed by atoms with Crippen molar-refractivity contribution in [1.29, 1.82) is 0 Å². The normalized spacial score (nSPS) is 16.6. The van der Waals surface area contributed by atoms with E-state index in [4.69, 9.17) is 0 Å². The number of aromatic nitrogens is 4. The standard InChI is InChI=1S/C27H30N8O/c1-33-10-12-34(13-11-33)22-14-20(16-28-18-22)19-4-6-24-23(15-19)26(32-31-24)27(36)30-21-5-7-25(29-17-21)35-8-2-3-9-35/h4-7,14-18H,2-3,8-13H2,1H3,(H,30,36)(H,31,32). The number of pyridine rings is 2. The number of benzene rings is 1. The molecule has 36 heavy (non-hydrogen) atoms. The van der Waals surface area contributed by atoms with Crippen LogP contribution in [0.1, 0.15) is 23.3 Å². The number of rotatable bonds is 5. The molecule has 0 aliphatic carbocycles. The molecule has 0 atom stereocenters. The maximum absolute atomic E-state index is 13.1. The molecule has 0 saturated carbocycles. The van der Waals surface area contributed by atoms with Gasteiger partial charge in [0.1, 0.15) is 5.82 Å². The van der Waals surface area contributed by atoms with Crippen LogP contribution in [0.3, 0.4) is 0 Å². The minimum Gasteiger partial charge on any atom is -0.368 e. The first-order valence-corrected chi connectivity index (χ1v) is 12.5. The third-order valence-corrected chi connectivity index (χ3v) is 7.14. The Morgan fingerprint density at radius 2 is 1.72 bits per heavy atom. The maximum Gasteiger partial charge on any atom is 0.276 e. The molecule has 5 heterocycles. The number of nitrogens with one attached hydrogen (secondary N) is 2. The van der Waals surface area contributed by atoms with Gasteiger partial charge in [-0.3, -0.25) is 14.9 Å².